The first kappa shape index (κ1) is 26.5. The molecule has 0 saturated carbocycles. The number of hydrogen-bond donors (Lipinski definition) is 1. The lowest BCUT2D eigenvalue weighted by atomic mass is 9.93. The molecule has 4 rings (SSSR count). The average molecular weight is 503 g/mol. The zero-order valence-corrected chi connectivity index (χ0v) is 22.7. The normalized spacial score (nSPS) is 17.6. The molecule has 3 atom stereocenters. The highest BCUT2D eigenvalue weighted by atomic mass is 16.2. The van der Waals surface area contributed by atoms with Gasteiger partial charge in [-0.1, -0.05) is 64.1 Å². The van der Waals surface area contributed by atoms with Gasteiger partial charge in [0.2, 0.25) is 11.8 Å². The molecule has 0 radical (unpaired) electrons. The van der Waals surface area contributed by atoms with Gasteiger partial charge in [-0.25, -0.2) is 4.68 Å². The molecule has 0 bridgehead atoms. The lowest BCUT2D eigenvalue weighted by molar-refractivity contribution is -0.142. The van der Waals surface area contributed by atoms with E-state index in [0.717, 1.165) is 28.8 Å². The van der Waals surface area contributed by atoms with E-state index in [1.807, 2.05) is 51.2 Å². The van der Waals surface area contributed by atoms with Crippen molar-refractivity contribution in [3.8, 4) is 11.1 Å². The van der Waals surface area contributed by atoms with E-state index in [0.29, 0.717) is 13.0 Å². The number of carbonyl (C=O) groups excluding carboxylic acids is 2. The van der Waals surface area contributed by atoms with Crippen molar-refractivity contribution in [3.05, 3.63) is 66.2 Å². The van der Waals surface area contributed by atoms with Crippen LogP contribution in [0.2, 0.25) is 0 Å². The molecule has 1 N–H and O–H groups in total. The van der Waals surface area contributed by atoms with Gasteiger partial charge in [0.1, 0.15) is 12.1 Å². The monoisotopic (exact) mass is 502 g/mol. The molecule has 8 heteroatoms. The van der Waals surface area contributed by atoms with Crippen LogP contribution in [0.25, 0.3) is 11.1 Å². The van der Waals surface area contributed by atoms with Crippen molar-refractivity contribution in [2.75, 3.05) is 6.54 Å². The summed E-state index contributed by atoms with van der Waals surface area (Å²) in [6.07, 6.45) is 6.87. The number of likely N-dealkylation sites (tertiary alicyclic amines) is 1. The van der Waals surface area contributed by atoms with Gasteiger partial charge in [-0.3, -0.25) is 14.6 Å². The standard InChI is InChI=1S/C29H38N6O2/c1-19(2)26(35-18-25(32-33-35)29(4,5)6)28(37)34-17-7-8-24(34)27(36)31-20(3)21-9-11-22(12-10-21)23-13-15-30-16-14-23/h9-16,18-20,24,26H,7-8,17H2,1-6H3,(H,31,36)/t20-,24-,26-/m0/s1. The molecule has 196 valence electrons. The smallest absolute Gasteiger partial charge is 0.248 e. The summed E-state index contributed by atoms with van der Waals surface area (Å²) in [5, 5.41) is 11.7. The molecular weight excluding hydrogens is 464 g/mol. The van der Waals surface area contributed by atoms with Crippen molar-refractivity contribution in [1.82, 2.24) is 30.2 Å². The van der Waals surface area contributed by atoms with Gasteiger partial charge in [0.25, 0.3) is 0 Å². The summed E-state index contributed by atoms with van der Waals surface area (Å²) in [6.45, 7) is 12.8. The third kappa shape index (κ3) is 5.89. The van der Waals surface area contributed by atoms with Gasteiger partial charge in [0.15, 0.2) is 0 Å². The Bertz CT molecular complexity index is 1210. The molecular formula is C29H38N6O2. The second kappa shape index (κ2) is 10.8. The number of rotatable bonds is 7. The Hall–Kier alpha value is -3.55. The maximum Gasteiger partial charge on any atom is 0.248 e. The van der Waals surface area contributed by atoms with Crippen molar-refractivity contribution in [3.63, 3.8) is 0 Å². The van der Waals surface area contributed by atoms with Gasteiger partial charge in [-0.05, 0) is 54.5 Å². The average Bonchev–Trinajstić information content (AvgIpc) is 3.55. The van der Waals surface area contributed by atoms with Crippen LogP contribution in [0.3, 0.4) is 0 Å². The number of amides is 2. The molecule has 2 aromatic heterocycles. The second-order valence-electron chi connectivity index (χ2n) is 11.3. The first-order valence-corrected chi connectivity index (χ1v) is 13.1. The Morgan fingerprint density at radius 3 is 2.24 bits per heavy atom. The quantitative estimate of drug-likeness (QED) is 0.505. The summed E-state index contributed by atoms with van der Waals surface area (Å²) in [7, 11) is 0. The van der Waals surface area contributed by atoms with Crippen molar-refractivity contribution in [1.29, 1.82) is 0 Å². The minimum absolute atomic E-state index is 0.00386. The summed E-state index contributed by atoms with van der Waals surface area (Å²) in [6, 6.07) is 10.9. The van der Waals surface area contributed by atoms with E-state index in [1.165, 1.54) is 0 Å². The molecule has 1 saturated heterocycles. The maximum absolute atomic E-state index is 13.7. The van der Waals surface area contributed by atoms with Crippen LogP contribution in [-0.4, -0.2) is 49.3 Å². The Balaban J connectivity index is 1.45. The van der Waals surface area contributed by atoms with Crippen LogP contribution in [0.15, 0.2) is 55.0 Å². The molecule has 3 heterocycles. The number of benzene rings is 1. The SMILES string of the molecule is CC(C)[C@@H](C(=O)N1CCC[C@H]1C(=O)N[C@@H](C)c1ccc(-c2ccncc2)cc1)n1cc(C(C)(C)C)nn1. The Morgan fingerprint density at radius 1 is 1.00 bits per heavy atom. The Morgan fingerprint density at radius 2 is 1.65 bits per heavy atom. The molecule has 0 spiro atoms. The number of carbonyl (C=O) groups is 2. The Labute approximate surface area is 219 Å². The van der Waals surface area contributed by atoms with Crippen LogP contribution < -0.4 is 5.32 Å². The third-order valence-corrected chi connectivity index (χ3v) is 7.07. The first-order chi connectivity index (χ1) is 17.6. The van der Waals surface area contributed by atoms with E-state index in [9.17, 15) is 9.59 Å². The first-order valence-electron chi connectivity index (χ1n) is 13.1. The maximum atomic E-state index is 13.7. The number of nitrogens with one attached hydrogen (secondary N) is 1. The van der Waals surface area contributed by atoms with E-state index in [1.54, 1.807) is 22.0 Å². The summed E-state index contributed by atoms with van der Waals surface area (Å²) in [5.74, 6) is -0.190. The molecule has 8 nitrogen and oxygen atoms in total. The fraction of sp³-hybridized carbons (Fsp3) is 0.483. The van der Waals surface area contributed by atoms with Crippen LogP contribution >= 0.6 is 0 Å². The molecule has 1 aromatic carbocycles. The number of aromatic nitrogens is 4. The highest BCUT2D eigenvalue weighted by Crippen LogP contribution is 2.28. The van der Waals surface area contributed by atoms with Crippen molar-refractivity contribution in [2.45, 2.75) is 77.9 Å². The highest BCUT2D eigenvalue weighted by molar-refractivity contribution is 5.90. The van der Waals surface area contributed by atoms with Gasteiger partial charge in [0, 0.05) is 30.6 Å². The molecule has 2 amide bonds. The predicted octanol–water partition coefficient (Wildman–Crippen LogP) is 4.70. The minimum Gasteiger partial charge on any atom is -0.348 e. The molecule has 1 aliphatic rings. The van der Waals surface area contributed by atoms with E-state index in [-0.39, 0.29) is 29.2 Å². The van der Waals surface area contributed by atoms with E-state index in [2.05, 4.69) is 53.5 Å². The molecule has 1 aliphatic heterocycles. The topological polar surface area (TPSA) is 93.0 Å². The van der Waals surface area contributed by atoms with Crippen LogP contribution in [0.1, 0.15) is 77.7 Å². The summed E-state index contributed by atoms with van der Waals surface area (Å²) in [5.41, 5.74) is 3.88. The summed E-state index contributed by atoms with van der Waals surface area (Å²) in [4.78, 5) is 32.9. The molecule has 0 aliphatic carbocycles. The lowest BCUT2D eigenvalue weighted by Crippen LogP contribution is -2.49. The molecule has 3 aromatic rings. The molecule has 1 fully saturated rings. The fourth-order valence-electron chi connectivity index (χ4n) is 4.83. The van der Waals surface area contributed by atoms with Gasteiger partial charge >= 0.3 is 0 Å². The van der Waals surface area contributed by atoms with Crippen LogP contribution in [0.4, 0.5) is 0 Å². The molecule has 37 heavy (non-hydrogen) atoms. The number of hydrogen-bond acceptors (Lipinski definition) is 5. The lowest BCUT2D eigenvalue weighted by Gasteiger charge is -2.30. The van der Waals surface area contributed by atoms with Gasteiger partial charge < -0.3 is 10.2 Å². The summed E-state index contributed by atoms with van der Waals surface area (Å²) >= 11 is 0. The second-order valence-corrected chi connectivity index (χ2v) is 11.3. The van der Waals surface area contributed by atoms with E-state index < -0.39 is 12.1 Å². The third-order valence-electron chi connectivity index (χ3n) is 7.07. The van der Waals surface area contributed by atoms with Crippen LogP contribution in [0, 0.1) is 5.92 Å². The number of nitrogens with zero attached hydrogens (tertiary/aromatic N) is 5. The largest absolute Gasteiger partial charge is 0.348 e. The highest BCUT2D eigenvalue weighted by Gasteiger charge is 2.39. The van der Waals surface area contributed by atoms with Crippen LogP contribution in [-0.2, 0) is 15.0 Å². The van der Waals surface area contributed by atoms with Gasteiger partial charge in [-0.2, -0.15) is 0 Å². The van der Waals surface area contributed by atoms with Gasteiger partial charge in [0.05, 0.1) is 11.7 Å². The minimum atomic E-state index is -0.504. The van der Waals surface area contributed by atoms with Crippen molar-refractivity contribution in [2.24, 2.45) is 5.92 Å². The fourth-order valence-corrected chi connectivity index (χ4v) is 4.83. The number of pyridine rings is 1. The molecule has 0 unspecified atom stereocenters. The van der Waals surface area contributed by atoms with E-state index in [4.69, 9.17) is 0 Å². The predicted molar refractivity (Wildman–Crippen MR) is 144 cm³/mol. The zero-order valence-electron chi connectivity index (χ0n) is 22.7. The Kier molecular flexibility index (Phi) is 7.76. The van der Waals surface area contributed by atoms with Crippen molar-refractivity contribution < 1.29 is 9.59 Å². The van der Waals surface area contributed by atoms with E-state index >= 15 is 0 Å². The summed E-state index contributed by atoms with van der Waals surface area (Å²) < 4.78 is 1.67. The van der Waals surface area contributed by atoms with Crippen molar-refractivity contribution >= 4 is 11.8 Å². The van der Waals surface area contributed by atoms with Gasteiger partial charge in [-0.15, -0.1) is 5.10 Å². The van der Waals surface area contributed by atoms with Crippen LogP contribution in [0.5, 0.6) is 0 Å². The zero-order chi connectivity index (χ0) is 26.7.